The molecule has 0 aliphatic rings. The Hall–Kier alpha value is -2.25. The lowest BCUT2D eigenvalue weighted by Gasteiger charge is -2.09. The van der Waals surface area contributed by atoms with Crippen LogP contribution in [0.1, 0.15) is 23.5 Å². The molecule has 0 N–H and O–H groups in total. The summed E-state index contributed by atoms with van der Waals surface area (Å²) in [6.07, 6.45) is -7.31. The van der Waals surface area contributed by atoms with Gasteiger partial charge in [-0.25, -0.2) is 13.8 Å². The fourth-order valence-corrected chi connectivity index (χ4v) is 1.54. The first-order valence-electron chi connectivity index (χ1n) is 5.74. The van der Waals surface area contributed by atoms with Gasteiger partial charge in [-0.1, -0.05) is 0 Å². The summed E-state index contributed by atoms with van der Waals surface area (Å²) < 4.78 is 67.4. The zero-order valence-corrected chi connectivity index (χ0v) is 10.7. The zero-order chi connectivity index (χ0) is 15.6. The second-order valence-electron chi connectivity index (χ2n) is 4.13. The lowest BCUT2D eigenvalue weighted by molar-refractivity contribution is -0.137. The summed E-state index contributed by atoms with van der Waals surface area (Å²) in [6.45, 7) is 1.48. The molecule has 0 aliphatic heterocycles. The molecular formula is C13H9F5N2O. The highest BCUT2D eigenvalue weighted by Gasteiger charge is 2.30. The largest absolute Gasteiger partial charge is 0.439 e. The number of halogens is 5. The van der Waals surface area contributed by atoms with Gasteiger partial charge < -0.3 is 4.74 Å². The number of alkyl halides is 5. The van der Waals surface area contributed by atoms with Crippen LogP contribution in [-0.2, 0) is 6.18 Å². The van der Waals surface area contributed by atoms with Crippen LogP contribution in [0.15, 0.2) is 30.3 Å². The first-order chi connectivity index (χ1) is 9.75. The average molecular weight is 304 g/mol. The number of rotatable bonds is 3. The molecule has 1 aromatic heterocycles. The molecule has 1 heterocycles. The van der Waals surface area contributed by atoms with Crippen molar-refractivity contribution >= 4 is 0 Å². The van der Waals surface area contributed by atoms with Crippen molar-refractivity contribution in [2.75, 3.05) is 0 Å². The van der Waals surface area contributed by atoms with Crippen LogP contribution in [-0.4, -0.2) is 9.97 Å². The standard InChI is InChI=1S/C13H9F5N2O/c1-7-6-10(20-12(19-7)11(14)15)21-9-4-2-8(3-5-9)13(16,17)18/h2-6,11H,1H3. The van der Waals surface area contributed by atoms with Gasteiger partial charge in [0.25, 0.3) is 6.43 Å². The zero-order valence-electron chi connectivity index (χ0n) is 10.7. The van der Waals surface area contributed by atoms with Crippen molar-refractivity contribution in [1.82, 2.24) is 9.97 Å². The van der Waals surface area contributed by atoms with Crippen molar-refractivity contribution < 1.29 is 26.7 Å². The van der Waals surface area contributed by atoms with Gasteiger partial charge in [0.2, 0.25) is 5.88 Å². The van der Waals surface area contributed by atoms with Crippen molar-refractivity contribution in [3.05, 3.63) is 47.4 Å². The molecule has 0 amide bonds. The number of benzene rings is 1. The summed E-state index contributed by atoms with van der Waals surface area (Å²) >= 11 is 0. The lowest BCUT2D eigenvalue weighted by atomic mass is 10.2. The van der Waals surface area contributed by atoms with E-state index in [4.69, 9.17) is 4.74 Å². The highest BCUT2D eigenvalue weighted by Crippen LogP contribution is 2.31. The van der Waals surface area contributed by atoms with E-state index in [9.17, 15) is 22.0 Å². The fraction of sp³-hybridized carbons (Fsp3) is 0.231. The molecule has 0 bridgehead atoms. The maximum atomic E-state index is 12.5. The third-order valence-electron chi connectivity index (χ3n) is 2.45. The molecule has 1 aromatic carbocycles. The van der Waals surface area contributed by atoms with Crippen LogP contribution in [0, 0.1) is 6.92 Å². The Morgan fingerprint density at radius 1 is 1.05 bits per heavy atom. The van der Waals surface area contributed by atoms with Crippen LogP contribution in [0.3, 0.4) is 0 Å². The molecule has 0 saturated carbocycles. The Labute approximate surface area is 116 Å². The molecular weight excluding hydrogens is 295 g/mol. The predicted molar refractivity (Wildman–Crippen MR) is 63.2 cm³/mol. The molecule has 0 atom stereocenters. The molecule has 0 unspecified atom stereocenters. The van der Waals surface area contributed by atoms with E-state index < -0.39 is 24.0 Å². The van der Waals surface area contributed by atoms with Gasteiger partial charge in [0.15, 0.2) is 5.82 Å². The van der Waals surface area contributed by atoms with Gasteiger partial charge in [-0.3, -0.25) is 0 Å². The summed E-state index contributed by atoms with van der Waals surface area (Å²) in [5, 5.41) is 0. The second-order valence-corrected chi connectivity index (χ2v) is 4.13. The highest BCUT2D eigenvalue weighted by atomic mass is 19.4. The number of aromatic nitrogens is 2. The van der Waals surface area contributed by atoms with Gasteiger partial charge >= 0.3 is 6.18 Å². The van der Waals surface area contributed by atoms with E-state index >= 15 is 0 Å². The molecule has 8 heteroatoms. The number of hydrogen-bond acceptors (Lipinski definition) is 3. The Kier molecular flexibility index (Phi) is 4.06. The SMILES string of the molecule is Cc1cc(Oc2ccc(C(F)(F)F)cc2)nc(C(F)F)n1. The maximum Gasteiger partial charge on any atom is 0.416 e. The normalized spacial score (nSPS) is 11.8. The number of hydrogen-bond donors (Lipinski definition) is 0. The highest BCUT2D eigenvalue weighted by molar-refractivity contribution is 5.32. The van der Waals surface area contributed by atoms with Crippen molar-refractivity contribution in [1.29, 1.82) is 0 Å². The van der Waals surface area contributed by atoms with Gasteiger partial charge in [-0.2, -0.15) is 18.2 Å². The smallest absolute Gasteiger partial charge is 0.416 e. The van der Waals surface area contributed by atoms with Gasteiger partial charge in [0.05, 0.1) is 5.56 Å². The van der Waals surface area contributed by atoms with E-state index in [2.05, 4.69) is 9.97 Å². The van der Waals surface area contributed by atoms with Gasteiger partial charge in [0, 0.05) is 11.8 Å². The first kappa shape index (κ1) is 15.1. The van der Waals surface area contributed by atoms with Crippen molar-refractivity contribution in [2.24, 2.45) is 0 Å². The van der Waals surface area contributed by atoms with Crippen LogP contribution in [0.4, 0.5) is 22.0 Å². The second kappa shape index (κ2) is 5.63. The van der Waals surface area contributed by atoms with Crippen LogP contribution in [0.2, 0.25) is 0 Å². The quantitative estimate of drug-likeness (QED) is 0.781. The molecule has 3 nitrogen and oxygen atoms in total. The van der Waals surface area contributed by atoms with Crippen molar-refractivity contribution in [2.45, 2.75) is 19.5 Å². The Morgan fingerprint density at radius 2 is 1.67 bits per heavy atom. The number of nitrogens with zero attached hydrogens (tertiary/aromatic N) is 2. The molecule has 0 aliphatic carbocycles. The third kappa shape index (κ3) is 3.87. The monoisotopic (exact) mass is 304 g/mol. The fourth-order valence-electron chi connectivity index (χ4n) is 1.54. The Morgan fingerprint density at radius 3 is 2.19 bits per heavy atom. The van der Waals surface area contributed by atoms with Gasteiger partial charge in [0.1, 0.15) is 5.75 Å². The molecule has 0 spiro atoms. The minimum Gasteiger partial charge on any atom is -0.439 e. The summed E-state index contributed by atoms with van der Waals surface area (Å²) in [5.41, 5.74) is -0.566. The van der Waals surface area contributed by atoms with Crippen LogP contribution in [0.25, 0.3) is 0 Å². The topological polar surface area (TPSA) is 35.0 Å². The summed E-state index contributed by atoms with van der Waals surface area (Å²) in [4.78, 5) is 7.03. The minimum absolute atomic E-state index is 0.0568. The number of aryl methyl sites for hydroxylation is 1. The predicted octanol–water partition coefficient (Wildman–Crippen LogP) is 4.53. The van der Waals surface area contributed by atoms with E-state index in [-0.39, 0.29) is 17.3 Å². The summed E-state index contributed by atoms with van der Waals surface area (Å²) in [6, 6.07) is 5.14. The molecule has 2 rings (SSSR count). The van der Waals surface area contributed by atoms with E-state index in [0.29, 0.717) is 0 Å². The average Bonchev–Trinajstić information content (AvgIpc) is 2.37. The maximum absolute atomic E-state index is 12.5. The summed E-state index contributed by atoms with van der Waals surface area (Å²) in [5.74, 6) is -0.796. The van der Waals surface area contributed by atoms with E-state index in [1.54, 1.807) is 0 Å². The molecule has 0 fully saturated rings. The third-order valence-corrected chi connectivity index (χ3v) is 2.45. The molecule has 21 heavy (non-hydrogen) atoms. The van der Waals surface area contributed by atoms with E-state index in [0.717, 1.165) is 24.3 Å². The van der Waals surface area contributed by atoms with Crippen molar-refractivity contribution in [3.8, 4) is 11.6 Å². The minimum atomic E-state index is -4.45. The molecule has 2 aromatic rings. The van der Waals surface area contributed by atoms with E-state index in [1.807, 2.05) is 0 Å². The Balaban J connectivity index is 2.22. The van der Waals surface area contributed by atoms with Gasteiger partial charge in [-0.05, 0) is 31.2 Å². The molecule has 112 valence electrons. The summed E-state index contributed by atoms with van der Waals surface area (Å²) in [7, 11) is 0. The van der Waals surface area contributed by atoms with Crippen LogP contribution < -0.4 is 4.74 Å². The van der Waals surface area contributed by atoms with Gasteiger partial charge in [-0.15, -0.1) is 0 Å². The van der Waals surface area contributed by atoms with Crippen LogP contribution in [0.5, 0.6) is 11.6 Å². The molecule has 0 saturated heterocycles. The van der Waals surface area contributed by atoms with Crippen molar-refractivity contribution in [3.63, 3.8) is 0 Å². The van der Waals surface area contributed by atoms with E-state index in [1.165, 1.54) is 13.0 Å². The first-order valence-corrected chi connectivity index (χ1v) is 5.74. The Bertz CT molecular complexity index is 625. The number of ether oxygens (including phenoxy) is 1. The lowest BCUT2D eigenvalue weighted by Crippen LogP contribution is -2.04. The van der Waals surface area contributed by atoms with Crippen LogP contribution >= 0.6 is 0 Å². The molecule has 0 radical (unpaired) electrons.